The molecule has 2 heterocycles. The van der Waals surface area contributed by atoms with Gasteiger partial charge in [0.05, 0.1) is 32.7 Å². The second-order valence-corrected chi connectivity index (χ2v) is 8.60. The van der Waals surface area contributed by atoms with Gasteiger partial charge in [0.15, 0.2) is 0 Å². The molecule has 0 amide bonds. The van der Waals surface area contributed by atoms with Crippen LogP contribution in [0, 0.1) is 19.7 Å². The van der Waals surface area contributed by atoms with Crippen LogP contribution in [0.5, 0.6) is 0 Å². The summed E-state index contributed by atoms with van der Waals surface area (Å²) >= 11 is 0. The molecular weight excluding hydrogens is 391 g/mol. The number of tetrazole rings is 1. The molecule has 1 aliphatic heterocycles. The summed E-state index contributed by atoms with van der Waals surface area (Å²) in [6, 6.07) is 13.5. The molecule has 1 atom stereocenters. The van der Waals surface area contributed by atoms with E-state index in [-0.39, 0.29) is 11.9 Å². The van der Waals surface area contributed by atoms with Crippen LogP contribution in [0.2, 0.25) is 0 Å². The Balaban J connectivity index is 1.48. The Labute approximate surface area is 183 Å². The predicted octanol–water partition coefficient (Wildman–Crippen LogP) is 2.72. The first-order valence-corrected chi connectivity index (χ1v) is 11.2. The van der Waals surface area contributed by atoms with Crippen LogP contribution in [0.4, 0.5) is 10.1 Å². The van der Waals surface area contributed by atoms with E-state index >= 15 is 0 Å². The molecule has 1 aliphatic rings. The van der Waals surface area contributed by atoms with Crippen molar-refractivity contribution in [3.63, 3.8) is 0 Å². The average Bonchev–Trinajstić information content (AvgIpc) is 3.23. The number of quaternary nitrogens is 1. The first-order chi connectivity index (χ1) is 15.0. The zero-order chi connectivity index (χ0) is 21.8. The molecule has 0 unspecified atom stereocenters. The molecule has 0 spiro atoms. The van der Waals surface area contributed by atoms with E-state index in [0.29, 0.717) is 6.54 Å². The Kier molecular flexibility index (Phi) is 6.61. The number of aryl methyl sites for hydroxylation is 2. The highest BCUT2D eigenvalue weighted by Crippen LogP contribution is 2.22. The molecule has 31 heavy (non-hydrogen) atoms. The number of aromatic nitrogens is 4. The highest BCUT2D eigenvalue weighted by molar-refractivity contribution is 5.55. The molecule has 1 fully saturated rings. The molecule has 7 heteroatoms. The average molecular weight is 424 g/mol. The largest absolute Gasteiger partial charge is 0.360 e. The lowest BCUT2D eigenvalue weighted by Crippen LogP contribution is -3.15. The minimum Gasteiger partial charge on any atom is -0.360 e. The number of nitrogens with zero attached hydrogens (tertiary/aromatic N) is 5. The molecular formula is C24H32FN6+. The summed E-state index contributed by atoms with van der Waals surface area (Å²) in [5.41, 5.74) is 4.99. The molecule has 164 valence electrons. The molecule has 6 nitrogen and oxygen atoms in total. The van der Waals surface area contributed by atoms with Gasteiger partial charge in [0.1, 0.15) is 11.9 Å². The number of benzene rings is 2. The molecule has 4 rings (SSSR count). The Hall–Kier alpha value is -2.80. The van der Waals surface area contributed by atoms with Crippen molar-refractivity contribution >= 4 is 5.69 Å². The molecule has 1 aromatic heterocycles. The Morgan fingerprint density at radius 1 is 1.06 bits per heavy atom. The molecule has 0 saturated carbocycles. The summed E-state index contributed by atoms with van der Waals surface area (Å²) < 4.78 is 15.1. The molecule has 1 N–H and O–H groups in total. The second kappa shape index (κ2) is 9.56. The van der Waals surface area contributed by atoms with Crippen LogP contribution in [0.15, 0.2) is 42.5 Å². The molecule has 2 aromatic carbocycles. The van der Waals surface area contributed by atoms with Gasteiger partial charge in [-0.1, -0.05) is 37.6 Å². The Morgan fingerprint density at radius 3 is 2.52 bits per heavy atom. The van der Waals surface area contributed by atoms with Crippen molar-refractivity contribution in [3.8, 4) is 0 Å². The van der Waals surface area contributed by atoms with Gasteiger partial charge in [-0.3, -0.25) is 0 Å². The van der Waals surface area contributed by atoms with E-state index in [4.69, 9.17) is 0 Å². The quantitative estimate of drug-likeness (QED) is 0.635. The van der Waals surface area contributed by atoms with Gasteiger partial charge in [-0.05, 0) is 59.2 Å². The lowest BCUT2D eigenvalue weighted by molar-refractivity contribution is -0.933. The van der Waals surface area contributed by atoms with E-state index in [9.17, 15) is 4.39 Å². The number of hydrogen-bond donors (Lipinski definition) is 1. The zero-order valence-corrected chi connectivity index (χ0v) is 18.7. The minimum absolute atomic E-state index is 0.226. The van der Waals surface area contributed by atoms with Gasteiger partial charge >= 0.3 is 0 Å². The third-order valence-corrected chi connectivity index (χ3v) is 6.30. The summed E-state index contributed by atoms with van der Waals surface area (Å²) in [7, 11) is 0. The minimum atomic E-state index is -0.226. The first kappa shape index (κ1) is 21.4. The number of nitrogens with one attached hydrogen (secondary N) is 1. The maximum absolute atomic E-state index is 13.3. The molecule has 0 radical (unpaired) electrons. The fourth-order valence-electron chi connectivity index (χ4n) is 4.58. The fraction of sp³-hybridized carbons (Fsp3) is 0.458. The van der Waals surface area contributed by atoms with Crippen LogP contribution in [0.25, 0.3) is 0 Å². The summed E-state index contributed by atoms with van der Waals surface area (Å²) in [4.78, 5) is 4.05. The molecule has 1 saturated heterocycles. The van der Waals surface area contributed by atoms with E-state index in [1.807, 2.05) is 4.68 Å². The van der Waals surface area contributed by atoms with Crippen LogP contribution in [0.3, 0.4) is 0 Å². The number of anilines is 1. The lowest BCUT2D eigenvalue weighted by atomic mass is 10.1. The van der Waals surface area contributed by atoms with Crippen LogP contribution in [0.1, 0.15) is 48.3 Å². The summed E-state index contributed by atoms with van der Waals surface area (Å²) in [5.74, 6) is 0.706. The summed E-state index contributed by atoms with van der Waals surface area (Å²) in [6.45, 7) is 11.3. The smallest absolute Gasteiger partial charge is 0.209 e. The fourth-order valence-corrected chi connectivity index (χ4v) is 4.58. The van der Waals surface area contributed by atoms with Crippen molar-refractivity contribution in [1.29, 1.82) is 0 Å². The Morgan fingerprint density at radius 2 is 1.81 bits per heavy atom. The highest BCUT2D eigenvalue weighted by atomic mass is 19.1. The van der Waals surface area contributed by atoms with Crippen LogP contribution >= 0.6 is 0 Å². The molecule has 0 bridgehead atoms. The van der Waals surface area contributed by atoms with E-state index in [0.717, 1.165) is 50.4 Å². The highest BCUT2D eigenvalue weighted by Gasteiger charge is 2.32. The van der Waals surface area contributed by atoms with Crippen molar-refractivity contribution in [3.05, 3.63) is 70.8 Å². The van der Waals surface area contributed by atoms with Crippen LogP contribution in [-0.4, -0.2) is 46.4 Å². The van der Waals surface area contributed by atoms with E-state index in [1.54, 1.807) is 17.0 Å². The summed E-state index contributed by atoms with van der Waals surface area (Å²) in [6.07, 6.45) is 2.13. The number of rotatable bonds is 7. The van der Waals surface area contributed by atoms with Gasteiger partial charge in [0, 0.05) is 12.1 Å². The second-order valence-electron chi connectivity index (χ2n) is 8.60. The van der Waals surface area contributed by atoms with Gasteiger partial charge in [-0.2, -0.15) is 0 Å². The number of halogens is 1. The van der Waals surface area contributed by atoms with E-state index < -0.39 is 0 Å². The first-order valence-electron chi connectivity index (χ1n) is 11.2. The van der Waals surface area contributed by atoms with Gasteiger partial charge in [-0.25, -0.2) is 9.07 Å². The predicted molar refractivity (Wildman–Crippen MR) is 120 cm³/mol. The lowest BCUT2D eigenvalue weighted by Gasteiger charge is -2.37. The third-order valence-electron chi connectivity index (χ3n) is 6.30. The van der Waals surface area contributed by atoms with Crippen molar-refractivity contribution < 1.29 is 9.29 Å². The SMILES string of the molecule is CCC[C@@H](c1nnnn1Cc1ccc(F)cc1)[NH+]1CCN(c2cc(C)ccc2C)CC1. The zero-order valence-electron chi connectivity index (χ0n) is 18.7. The van der Waals surface area contributed by atoms with E-state index in [1.165, 1.54) is 28.9 Å². The Bertz CT molecular complexity index is 992. The van der Waals surface area contributed by atoms with Crippen molar-refractivity contribution in [2.24, 2.45) is 0 Å². The monoisotopic (exact) mass is 423 g/mol. The van der Waals surface area contributed by atoms with Gasteiger partial charge in [0.25, 0.3) is 0 Å². The van der Waals surface area contributed by atoms with Crippen molar-refractivity contribution in [2.45, 2.75) is 46.2 Å². The molecule has 3 aromatic rings. The van der Waals surface area contributed by atoms with Gasteiger partial charge in [-0.15, -0.1) is 5.10 Å². The number of hydrogen-bond acceptors (Lipinski definition) is 4. The topological polar surface area (TPSA) is 51.3 Å². The third kappa shape index (κ3) is 4.93. The van der Waals surface area contributed by atoms with Gasteiger partial charge in [0.2, 0.25) is 5.82 Å². The standard InChI is InChI=1S/C24H31FN6/c1-4-5-22(24-26-27-28-31(24)17-20-8-10-21(25)11-9-20)29-12-14-30(15-13-29)23-16-18(2)6-7-19(23)3/h6-11,16,22H,4-5,12-15,17H2,1-3H3/p+1/t22-/m0/s1. The van der Waals surface area contributed by atoms with Gasteiger partial charge < -0.3 is 9.80 Å². The van der Waals surface area contributed by atoms with E-state index in [2.05, 4.69) is 59.4 Å². The maximum Gasteiger partial charge on any atom is 0.209 e. The molecule has 0 aliphatic carbocycles. The van der Waals surface area contributed by atoms with Crippen LogP contribution in [-0.2, 0) is 6.54 Å². The van der Waals surface area contributed by atoms with Crippen LogP contribution < -0.4 is 9.80 Å². The van der Waals surface area contributed by atoms with Crippen molar-refractivity contribution in [2.75, 3.05) is 31.1 Å². The normalized spacial score (nSPS) is 15.9. The summed E-state index contributed by atoms with van der Waals surface area (Å²) in [5, 5.41) is 12.7. The maximum atomic E-state index is 13.3. The number of piperazine rings is 1. The van der Waals surface area contributed by atoms with Crippen molar-refractivity contribution in [1.82, 2.24) is 20.2 Å².